The summed E-state index contributed by atoms with van der Waals surface area (Å²) in [7, 11) is 3.50. The van der Waals surface area contributed by atoms with Gasteiger partial charge in [-0.15, -0.1) is 0 Å². The van der Waals surface area contributed by atoms with E-state index >= 15 is 0 Å². The second kappa shape index (κ2) is 10.6. The minimum Gasteiger partial charge on any atom is -0.496 e. The van der Waals surface area contributed by atoms with Gasteiger partial charge in [0.15, 0.2) is 5.96 Å². The maximum absolute atomic E-state index is 5.42. The number of nitrogens with zero attached hydrogens (tertiary/aromatic N) is 2. The van der Waals surface area contributed by atoms with E-state index in [1.54, 1.807) is 14.2 Å². The minimum absolute atomic E-state index is 0.734. The van der Waals surface area contributed by atoms with Gasteiger partial charge >= 0.3 is 0 Å². The number of ether oxygens (including phenoxy) is 2. The lowest BCUT2D eigenvalue weighted by molar-refractivity contribution is 0.122. The van der Waals surface area contributed by atoms with Gasteiger partial charge in [0.05, 0.1) is 20.3 Å². The lowest BCUT2D eigenvalue weighted by Gasteiger charge is -2.28. The molecule has 0 atom stereocenters. The third-order valence-corrected chi connectivity index (χ3v) is 4.88. The first kappa shape index (κ1) is 20.0. The SMILES string of the molecule is CN=C(NCCc1ccccc1OC)NCc1ccc(N2CCOCC2)cc1. The predicted octanol–water partition coefficient (Wildman–Crippen LogP) is 2.44. The zero-order valence-electron chi connectivity index (χ0n) is 16.8. The number of nitrogens with one attached hydrogen (secondary N) is 2. The molecule has 3 rings (SSSR count). The number of anilines is 1. The first-order chi connectivity index (χ1) is 13.8. The van der Waals surface area contributed by atoms with Crippen LogP contribution in [0.5, 0.6) is 5.75 Å². The van der Waals surface area contributed by atoms with Gasteiger partial charge in [-0.25, -0.2) is 0 Å². The number of hydrogen-bond acceptors (Lipinski definition) is 4. The molecule has 0 spiro atoms. The molecule has 1 aliphatic rings. The molecule has 2 aromatic carbocycles. The fourth-order valence-electron chi connectivity index (χ4n) is 3.28. The van der Waals surface area contributed by atoms with E-state index in [0.717, 1.165) is 57.5 Å². The molecule has 0 unspecified atom stereocenters. The van der Waals surface area contributed by atoms with Crippen molar-refractivity contribution >= 4 is 11.6 Å². The molecule has 1 aliphatic heterocycles. The number of morpholine rings is 1. The highest BCUT2D eigenvalue weighted by Crippen LogP contribution is 2.18. The molecular weight excluding hydrogens is 352 g/mol. The van der Waals surface area contributed by atoms with Crippen molar-refractivity contribution in [1.29, 1.82) is 0 Å². The van der Waals surface area contributed by atoms with E-state index in [-0.39, 0.29) is 0 Å². The van der Waals surface area contributed by atoms with Crippen molar-refractivity contribution in [3.8, 4) is 5.75 Å². The standard InChI is InChI=1S/C22H30N4O2/c1-23-22(24-12-11-19-5-3-4-6-21(19)27-2)25-17-18-7-9-20(10-8-18)26-13-15-28-16-14-26/h3-10H,11-17H2,1-2H3,(H2,23,24,25). The van der Waals surface area contributed by atoms with Crippen LogP contribution in [-0.4, -0.2) is 53.0 Å². The van der Waals surface area contributed by atoms with E-state index in [9.17, 15) is 0 Å². The average molecular weight is 383 g/mol. The molecule has 0 radical (unpaired) electrons. The smallest absolute Gasteiger partial charge is 0.191 e. The topological polar surface area (TPSA) is 58.1 Å². The molecule has 0 aromatic heterocycles. The molecule has 0 bridgehead atoms. The molecule has 1 heterocycles. The summed E-state index contributed by atoms with van der Waals surface area (Å²) in [5.41, 5.74) is 3.67. The number of rotatable bonds is 7. The minimum atomic E-state index is 0.734. The van der Waals surface area contributed by atoms with E-state index in [0.29, 0.717) is 0 Å². The van der Waals surface area contributed by atoms with Crippen molar-refractivity contribution in [3.05, 3.63) is 59.7 Å². The Hall–Kier alpha value is -2.73. The van der Waals surface area contributed by atoms with E-state index in [1.807, 2.05) is 18.2 Å². The molecule has 0 saturated carbocycles. The Kier molecular flexibility index (Phi) is 7.55. The monoisotopic (exact) mass is 382 g/mol. The van der Waals surface area contributed by atoms with Gasteiger partial charge in [-0.2, -0.15) is 0 Å². The Morgan fingerprint density at radius 2 is 1.82 bits per heavy atom. The molecule has 2 aromatic rings. The molecule has 0 amide bonds. The number of para-hydroxylation sites is 1. The summed E-state index contributed by atoms with van der Waals surface area (Å²) in [5.74, 6) is 1.72. The predicted molar refractivity (Wildman–Crippen MR) is 114 cm³/mol. The van der Waals surface area contributed by atoms with Crippen LogP contribution in [0.15, 0.2) is 53.5 Å². The fourth-order valence-corrected chi connectivity index (χ4v) is 3.28. The highest BCUT2D eigenvalue weighted by molar-refractivity contribution is 5.79. The second-order valence-corrected chi connectivity index (χ2v) is 6.68. The summed E-state index contributed by atoms with van der Waals surface area (Å²) in [4.78, 5) is 6.67. The molecule has 150 valence electrons. The normalized spacial score (nSPS) is 14.6. The molecule has 6 heteroatoms. The number of aliphatic imine (C=N–C) groups is 1. The van der Waals surface area contributed by atoms with Crippen molar-refractivity contribution in [2.24, 2.45) is 4.99 Å². The van der Waals surface area contributed by atoms with Crippen molar-refractivity contribution in [1.82, 2.24) is 10.6 Å². The van der Waals surface area contributed by atoms with E-state index in [4.69, 9.17) is 9.47 Å². The van der Waals surface area contributed by atoms with Gasteiger partial charge in [0.25, 0.3) is 0 Å². The van der Waals surface area contributed by atoms with Gasteiger partial charge in [-0.1, -0.05) is 30.3 Å². The fraction of sp³-hybridized carbons (Fsp3) is 0.409. The maximum Gasteiger partial charge on any atom is 0.191 e. The number of guanidine groups is 1. The molecule has 2 N–H and O–H groups in total. The lowest BCUT2D eigenvalue weighted by Crippen LogP contribution is -2.38. The third kappa shape index (κ3) is 5.63. The Balaban J connectivity index is 1.44. The summed E-state index contributed by atoms with van der Waals surface area (Å²) < 4.78 is 10.8. The summed E-state index contributed by atoms with van der Waals surface area (Å²) >= 11 is 0. The third-order valence-electron chi connectivity index (χ3n) is 4.88. The van der Waals surface area contributed by atoms with Crippen molar-refractivity contribution in [3.63, 3.8) is 0 Å². The summed E-state index contributed by atoms with van der Waals surface area (Å²) in [6.07, 6.45) is 0.874. The Labute approximate surface area is 167 Å². The van der Waals surface area contributed by atoms with Crippen LogP contribution in [0.1, 0.15) is 11.1 Å². The number of hydrogen-bond donors (Lipinski definition) is 2. The van der Waals surface area contributed by atoms with Crippen LogP contribution >= 0.6 is 0 Å². The van der Waals surface area contributed by atoms with Gasteiger partial charge in [0.2, 0.25) is 0 Å². The second-order valence-electron chi connectivity index (χ2n) is 6.68. The van der Waals surface area contributed by atoms with Crippen LogP contribution in [-0.2, 0) is 17.7 Å². The van der Waals surface area contributed by atoms with Crippen LogP contribution in [0.3, 0.4) is 0 Å². The van der Waals surface area contributed by atoms with Crippen molar-refractivity contribution in [2.75, 3.05) is 51.9 Å². The summed E-state index contributed by atoms with van der Waals surface area (Å²) in [5, 5.41) is 6.74. The Morgan fingerprint density at radius 3 is 2.54 bits per heavy atom. The van der Waals surface area contributed by atoms with E-state index in [2.05, 4.69) is 50.9 Å². The van der Waals surface area contributed by atoms with Crippen LogP contribution in [0.25, 0.3) is 0 Å². The highest BCUT2D eigenvalue weighted by atomic mass is 16.5. The Bertz CT molecular complexity index is 755. The van der Waals surface area contributed by atoms with Gasteiger partial charge in [0, 0.05) is 38.9 Å². The van der Waals surface area contributed by atoms with Crippen LogP contribution in [0.2, 0.25) is 0 Å². The van der Waals surface area contributed by atoms with Gasteiger partial charge in [-0.05, 0) is 35.7 Å². The summed E-state index contributed by atoms with van der Waals surface area (Å²) in [6, 6.07) is 16.8. The van der Waals surface area contributed by atoms with Crippen LogP contribution in [0.4, 0.5) is 5.69 Å². The average Bonchev–Trinajstić information content (AvgIpc) is 2.77. The van der Waals surface area contributed by atoms with Crippen molar-refractivity contribution < 1.29 is 9.47 Å². The summed E-state index contributed by atoms with van der Waals surface area (Å²) in [6.45, 7) is 5.05. The molecule has 1 saturated heterocycles. The molecular formula is C22H30N4O2. The quantitative estimate of drug-likeness (QED) is 0.569. The molecule has 1 fully saturated rings. The lowest BCUT2D eigenvalue weighted by atomic mass is 10.1. The molecule has 6 nitrogen and oxygen atoms in total. The zero-order valence-corrected chi connectivity index (χ0v) is 16.8. The maximum atomic E-state index is 5.42. The van der Waals surface area contributed by atoms with Crippen molar-refractivity contribution in [2.45, 2.75) is 13.0 Å². The van der Waals surface area contributed by atoms with Gasteiger partial charge < -0.3 is 25.0 Å². The highest BCUT2D eigenvalue weighted by Gasteiger charge is 2.10. The largest absolute Gasteiger partial charge is 0.496 e. The first-order valence-electron chi connectivity index (χ1n) is 9.78. The zero-order chi connectivity index (χ0) is 19.6. The Morgan fingerprint density at radius 1 is 1.07 bits per heavy atom. The van der Waals surface area contributed by atoms with Gasteiger partial charge in [-0.3, -0.25) is 4.99 Å². The van der Waals surface area contributed by atoms with Crippen LogP contribution in [0, 0.1) is 0 Å². The first-order valence-corrected chi connectivity index (χ1v) is 9.78. The van der Waals surface area contributed by atoms with E-state index in [1.165, 1.54) is 16.8 Å². The number of benzene rings is 2. The van der Waals surface area contributed by atoms with E-state index < -0.39 is 0 Å². The molecule has 28 heavy (non-hydrogen) atoms. The van der Waals surface area contributed by atoms with Gasteiger partial charge in [0.1, 0.15) is 5.75 Å². The van der Waals surface area contributed by atoms with Crippen LogP contribution < -0.4 is 20.3 Å². The number of methoxy groups -OCH3 is 1. The molecule has 0 aliphatic carbocycles.